The van der Waals surface area contributed by atoms with Gasteiger partial charge in [-0.3, -0.25) is 4.99 Å². The molecule has 0 saturated carbocycles. The van der Waals surface area contributed by atoms with Crippen LogP contribution in [0.2, 0.25) is 0 Å². The van der Waals surface area contributed by atoms with Crippen molar-refractivity contribution in [3.8, 4) is 0 Å². The first kappa shape index (κ1) is 19.7. The van der Waals surface area contributed by atoms with E-state index in [0.717, 1.165) is 35.7 Å². The van der Waals surface area contributed by atoms with Crippen LogP contribution in [-0.2, 0) is 12.0 Å². The second-order valence-electron chi connectivity index (χ2n) is 7.85. The van der Waals surface area contributed by atoms with Gasteiger partial charge >= 0.3 is 0 Å². The Hall–Kier alpha value is -2.02. The average molecular weight is 434 g/mol. The summed E-state index contributed by atoms with van der Waals surface area (Å²) >= 11 is 3.49. The SMILES string of the molecule is CN=C(NCc1ncc(C(C)(C)C)o1)NC1CCN(c2ccc(Br)cc2)C1. The number of rotatable bonds is 4. The van der Waals surface area contributed by atoms with Crippen LogP contribution in [0.1, 0.15) is 38.8 Å². The van der Waals surface area contributed by atoms with E-state index < -0.39 is 0 Å². The van der Waals surface area contributed by atoms with Gasteiger partial charge in [0.2, 0.25) is 5.89 Å². The molecule has 2 N–H and O–H groups in total. The highest BCUT2D eigenvalue weighted by Gasteiger charge is 2.24. The number of aromatic nitrogens is 1. The van der Waals surface area contributed by atoms with Crippen molar-refractivity contribution in [2.75, 3.05) is 25.0 Å². The lowest BCUT2D eigenvalue weighted by Crippen LogP contribution is -2.44. The van der Waals surface area contributed by atoms with Crippen LogP contribution < -0.4 is 15.5 Å². The number of benzene rings is 1. The number of oxazole rings is 1. The number of hydrogen-bond acceptors (Lipinski definition) is 4. The molecule has 1 aliphatic heterocycles. The fourth-order valence-electron chi connectivity index (χ4n) is 3.05. The molecule has 1 fully saturated rings. The molecule has 2 heterocycles. The number of nitrogens with zero attached hydrogens (tertiary/aromatic N) is 3. The molecule has 0 bridgehead atoms. The monoisotopic (exact) mass is 433 g/mol. The van der Waals surface area contributed by atoms with Crippen LogP contribution in [-0.4, -0.2) is 37.1 Å². The minimum atomic E-state index is -0.0362. The molecule has 3 rings (SSSR count). The van der Waals surface area contributed by atoms with Gasteiger partial charge in [0.15, 0.2) is 5.96 Å². The number of guanidine groups is 1. The fraction of sp³-hybridized carbons (Fsp3) is 0.500. The summed E-state index contributed by atoms with van der Waals surface area (Å²) in [6, 6.07) is 8.82. The Labute approximate surface area is 169 Å². The predicted octanol–water partition coefficient (Wildman–Crippen LogP) is 3.68. The first-order valence-corrected chi connectivity index (χ1v) is 10.1. The second-order valence-corrected chi connectivity index (χ2v) is 8.76. The summed E-state index contributed by atoms with van der Waals surface area (Å²) < 4.78 is 6.93. The Bertz CT molecular complexity index is 778. The lowest BCUT2D eigenvalue weighted by molar-refractivity contribution is 0.379. The van der Waals surface area contributed by atoms with Gasteiger partial charge in [0.05, 0.1) is 12.7 Å². The molecule has 1 aromatic heterocycles. The number of nitrogens with one attached hydrogen (secondary N) is 2. The summed E-state index contributed by atoms with van der Waals surface area (Å²) in [6.07, 6.45) is 2.88. The van der Waals surface area contributed by atoms with E-state index in [-0.39, 0.29) is 5.41 Å². The molecule has 2 aromatic rings. The zero-order valence-corrected chi connectivity index (χ0v) is 18.0. The summed E-state index contributed by atoms with van der Waals surface area (Å²) in [5.41, 5.74) is 1.21. The Morgan fingerprint density at radius 1 is 1.33 bits per heavy atom. The maximum absolute atomic E-state index is 5.83. The van der Waals surface area contributed by atoms with E-state index in [1.165, 1.54) is 5.69 Å². The maximum atomic E-state index is 5.83. The molecular formula is C20H28BrN5O. The van der Waals surface area contributed by atoms with Crippen molar-refractivity contribution in [2.24, 2.45) is 4.99 Å². The van der Waals surface area contributed by atoms with Crippen molar-refractivity contribution in [3.63, 3.8) is 0 Å². The van der Waals surface area contributed by atoms with Crippen molar-refractivity contribution in [1.82, 2.24) is 15.6 Å². The average Bonchev–Trinajstić information content (AvgIpc) is 3.28. The lowest BCUT2D eigenvalue weighted by atomic mass is 9.94. The molecule has 6 nitrogen and oxygen atoms in total. The lowest BCUT2D eigenvalue weighted by Gasteiger charge is -2.20. The van der Waals surface area contributed by atoms with Gasteiger partial charge in [-0.05, 0) is 30.7 Å². The third kappa shape index (κ3) is 5.25. The third-order valence-electron chi connectivity index (χ3n) is 4.64. The summed E-state index contributed by atoms with van der Waals surface area (Å²) in [4.78, 5) is 11.1. The van der Waals surface area contributed by atoms with Gasteiger partial charge in [0.25, 0.3) is 0 Å². The van der Waals surface area contributed by atoms with Gasteiger partial charge in [-0.15, -0.1) is 0 Å². The Morgan fingerprint density at radius 3 is 2.70 bits per heavy atom. The summed E-state index contributed by atoms with van der Waals surface area (Å²) in [5, 5.41) is 6.80. The number of anilines is 1. The van der Waals surface area contributed by atoms with Crippen molar-refractivity contribution in [3.05, 3.63) is 46.6 Å². The van der Waals surface area contributed by atoms with Gasteiger partial charge in [0, 0.05) is 41.8 Å². The second kappa shape index (κ2) is 8.33. The van der Waals surface area contributed by atoms with Crippen LogP contribution in [0, 0.1) is 0 Å². The molecule has 7 heteroatoms. The molecule has 0 spiro atoms. The molecule has 27 heavy (non-hydrogen) atoms. The molecule has 0 radical (unpaired) electrons. The summed E-state index contributed by atoms with van der Waals surface area (Å²) in [7, 11) is 1.78. The van der Waals surface area contributed by atoms with Gasteiger partial charge < -0.3 is 20.0 Å². The maximum Gasteiger partial charge on any atom is 0.213 e. The molecule has 0 amide bonds. The standard InChI is InChI=1S/C20H28BrN5O/c1-20(2,3)17-11-23-18(27-17)12-24-19(22-4)25-15-9-10-26(13-15)16-7-5-14(21)6-8-16/h5-8,11,15H,9-10,12-13H2,1-4H3,(H2,22,24,25). The molecular weight excluding hydrogens is 406 g/mol. The van der Waals surface area contributed by atoms with E-state index in [4.69, 9.17) is 4.42 Å². The quantitative estimate of drug-likeness (QED) is 0.568. The topological polar surface area (TPSA) is 65.7 Å². The molecule has 146 valence electrons. The highest BCUT2D eigenvalue weighted by atomic mass is 79.9. The van der Waals surface area contributed by atoms with Crippen molar-refractivity contribution in [2.45, 2.75) is 45.2 Å². The predicted molar refractivity (Wildman–Crippen MR) is 113 cm³/mol. The number of halogens is 1. The van der Waals surface area contributed by atoms with E-state index in [2.05, 4.69) is 86.5 Å². The van der Waals surface area contributed by atoms with Crippen LogP contribution in [0.25, 0.3) is 0 Å². The first-order chi connectivity index (χ1) is 12.8. The van der Waals surface area contributed by atoms with Gasteiger partial charge in [-0.2, -0.15) is 0 Å². The molecule has 0 aliphatic carbocycles. The minimum Gasteiger partial charge on any atom is -0.443 e. The van der Waals surface area contributed by atoms with Gasteiger partial charge in [0.1, 0.15) is 5.76 Å². The van der Waals surface area contributed by atoms with Crippen LogP contribution >= 0.6 is 15.9 Å². The number of aliphatic imine (C=N–C) groups is 1. The van der Waals surface area contributed by atoms with Crippen LogP contribution in [0.3, 0.4) is 0 Å². The normalized spacial score (nSPS) is 18.0. The largest absolute Gasteiger partial charge is 0.443 e. The van der Waals surface area contributed by atoms with Crippen LogP contribution in [0.5, 0.6) is 0 Å². The van der Waals surface area contributed by atoms with Gasteiger partial charge in [-0.25, -0.2) is 4.98 Å². The van der Waals surface area contributed by atoms with Crippen molar-refractivity contribution >= 4 is 27.6 Å². The van der Waals surface area contributed by atoms with E-state index in [9.17, 15) is 0 Å². The zero-order chi connectivity index (χ0) is 19.4. The van der Waals surface area contributed by atoms with Crippen molar-refractivity contribution < 1.29 is 4.42 Å². The summed E-state index contributed by atoms with van der Waals surface area (Å²) in [5.74, 6) is 2.34. The molecule has 1 aliphatic rings. The van der Waals surface area contributed by atoms with Gasteiger partial charge in [-0.1, -0.05) is 36.7 Å². The fourth-order valence-corrected chi connectivity index (χ4v) is 3.31. The third-order valence-corrected chi connectivity index (χ3v) is 5.17. The van der Waals surface area contributed by atoms with E-state index in [1.807, 2.05) is 0 Å². The highest BCUT2D eigenvalue weighted by molar-refractivity contribution is 9.10. The minimum absolute atomic E-state index is 0.0362. The molecule has 1 saturated heterocycles. The zero-order valence-electron chi connectivity index (χ0n) is 16.4. The number of hydrogen-bond donors (Lipinski definition) is 2. The highest BCUT2D eigenvalue weighted by Crippen LogP contribution is 2.23. The summed E-state index contributed by atoms with van der Waals surface area (Å²) in [6.45, 7) is 8.84. The van der Waals surface area contributed by atoms with E-state index in [1.54, 1.807) is 13.2 Å². The molecule has 1 unspecified atom stereocenters. The molecule has 1 aromatic carbocycles. The first-order valence-electron chi connectivity index (χ1n) is 9.28. The van der Waals surface area contributed by atoms with Crippen LogP contribution in [0.15, 0.2) is 44.3 Å². The Kier molecular flexibility index (Phi) is 6.09. The van der Waals surface area contributed by atoms with Crippen LogP contribution in [0.4, 0.5) is 5.69 Å². The Balaban J connectivity index is 1.51. The van der Waals surface area contributed by atoms with Crippen molar-refractivity contribution in [1.29, 1.82) is 0 Å². The van der Waals surface area contributed by atoms with E-state index >= 15 is 0 Å². The Morgan fingerprint density at radius 2 is 2.07 bits per heavy atom. The molecule has 1 atom stereocenters. The smallest absolute Gasteiger partial charge is 0.213 e. The van der Waals surface area contributed by atoms with E-state index in [0.29, 0.717) is 18.5 Å².